The molecule has 0 aromatic heterocycles. The number of carbonyl (C=O) groups excluding carboxylic acids is 1. The first-order valence-corrected chi connectivity index (χ1v) is 7.04. The summed E-state index contributed by atoms with van der Waals surface area (Å²) in [6, 6.07) is 15.4. The number of carbonyl (C=O) groups is 2. The van der Waals surface area contributed by atoms with E-state index in [1.54, 1.807) is 12.1 Å². The smallest absolute Gasteiger partial charge is 0.435 e. The third-order valence-corrected chi connectivity index (χ3v) is 2.93. The second-order valence-electron chi connectivity index (χ2n) is 4.74. The standard InChI is InChI=1S/C17H16N2O5/c18-16(13-6-8-14(9-7-13)23-11-15(20)21)19-17(22)24-10-12-4-2-1-3-5-12/h1-9H,10-11H2,(H,20,21)(H2,18,19,22). The van der Waals surface area contributed by atoms with Gasteiger partial charge in [-0.15, -0.1) is 0 Å². The van der Waals surface area contributed by atoms with Crippen LogP contribution in [0.4, 0.5) is 4.79 Å². The first-order valence-electron chi connectivity index (χ1n) is 7.04. The molecule has 0 fully saturated rings. The van der Waals surface area contributed by atoms with E-state index in [1.807, 2.05) is 30.3 Å². The van der Waals surface area contributed by atoms with Crippen molar-refractivity contribution in [1.82, 2.24) is 0 Å². The number of aliphatic carboxylic acids is 1. The molecule has 0 saturated heterocycles. The SMILES string of the molecule is N/C(=N/C(=O)OCc1ccccc1)c1ccc(OCC(=O)O)cc1. The maximum Gasteiger partial charge on any atom is 0.435 e. The summed E-state index contributed by atoms with van der Waals surface area (Å²) in [5.41, 5.74) is 7.09. The molecule has 2 aromatic carbocycles. The number of carboxylic acid groups (broad SMARTS) is 1. The fourth-order valence-corrected chi connectivity index (χ4v) is 1.78. The van der Waals surface area contributed by atoms with Crippen molar-refractivity contribution < 1.29 is 24.2 Å². The van der Waals surface area contributed by atoms with Crippen LogP contribution in [0.15, 0.2) is 59.6 Å². The molecule has 1 amide bonds. The fraction of sp³-hybridized carbons (Fsp3) is 0.118. The van der Waals surface area contributed by atoms with Gasteiger partial charge in [-0.3, -0.25) is 0 Å². The molecule has 124 valence electrons. The van der Waals surface area contributed by atoms with Gasteiger partial charge >= 0.3 is 12.1 Å². The molecule has 2 rings (SSSR count). The Morgan fingerprint density at radius 2 is 1.71 bits per heavy atom. The van der Waals surface area contributed by atoms with E-state index in [0.717, 1.165) is 5.56 Å². The Bertz CT molecular complexity index is 726. The molecule has 7 heteroatoms. The number of nitrogens with zero attached hydrogens (tertiary/aromatic N) is 1. The van der Waals surface area contributed by atoms with Crippen LogP contribution in [0.5, 0.6) is 5.75 Å². The molecule has 0 aliphatic heterocycles. The van der Waals surface area contributed by atoms with Gasteiger partial charge in [0.25, 0.3) is 0 Å². The summed E-state index contributed by atoms with van der Waals surface area (Å²) < 4.78 is 10.0. The van der Waals surface area contributed by atoms with Crippen LogP contribution in [0.1, 0.15) is 11.1 Å². The number of carboxylic acids is 1. The summed E-state index contributed by atoms with van der Waals surface area (Å²) in [5.74, 6) is -0.695. The second-order valence-corrected chi connectivity index (χ2v) is 4.74. The highest BCUT2D eigenvalue weighted by atomic mass is 16.5. The quantitative estimate of drug-likeness (QED) is 0.621. The number of hydrogen-bond donors (Lipinski definition) is 2. The van der Waals surface area contributed by atoms with Crippen LogP contribution in [0, 0.1) is 0 Å². The van der Waals surface area contributed by atoms with Gasteiger partial charge in [0.05, 0.1) is 0 Å². The molecular formula is C17H16N2O5. The average Bonchev–Trinajstić information content (AvgIpc) is 2.59. The van der Waals surface area contributed by atoms with Gasteiger partial charge in [-0.05, 0) is 29.8 Å². The van der Waals surface area contributed by atoms with Gasteiger partial charge in [-0.1, -0.05) is 30.3 Å². The van der Waals surface area contributed by atoms with Crippen LogP contribution >= 0.6 is 0 Å². The number of aliphatic imine (C=N–C) groups is 1. The van der Waals surface area contributed by atoms with Crippen LogP contribution in [-0.2, 0) is 16.1 Å². The van der Waals surface area contributed by atoms with Gasteiger partial charge in [0.2, 0.25) is 0 Å². The van der Waals surface area contributed by atoms with Crippen LogP contribution in [-0.4, -0.2) is 29.6 Å². The summed E-state index contributed by atoms with van der Waals surface area (Å²) in [6.07, 6.45) is -0.789. The molecule has 0 aliphatic rings. The summed E-state index contributed by atoms with van der Waals surface area (Å²) >= 11 is 0. The summed E-state index contributed by atoms with van der Waals surface area (Å²) in [5, 5.41) is 8.53. The Morgan fingerprint density at radius 3 is 2.33 bits per heavy atom. The molecule has 0 heterocycles. The zero-order chi connectivity index (χ0) is 17.4. The molecule has 24 heavy (non-hydrogen) atoms. The highest BCUT2D eigenvalue weighted by Gasteiger charge is 2.06. The molecular weight excluding hydrogens is 312 g/mol. The molecule has 0 spiro atoms. The van der Waals surface area contributed by atoms with E-state index in [-0.39, 0.29) is 12.4 Å². The van der Waals surface area contributed by atoms with Crippen molar-refractivity contribution in [3.05, 3.63) is 65.7 Å². The Kier molecular flexibility index (Phi) is 5.90. The van der Waals surface area contributed by atoms with Gasteiger partial charge in [-0.2, -0.15) is 4.99 Å². The maximum atomic E-state index is 11.7. The molecule has 0 bridgehead atoms. The number of nitrogens with two attached hydrogens (primary N) is 1. The molecule has 3 N–H and O–H groups in total. The lowest BCUT2D eigenvalue weighted by molar-refractivity contribution is -0.139. The third kappa shape index (κ3) is 5.45. The first-order chi connectivity index (χ1) is 11.5. The topological polar surface area (TPSA) is 111 Å². The predicted octanol–water partition coefficient (Wildman–Crippen LogP) is 2.19. The number of amidine groups is 1. The zero-order valence-corrected chi connectivity index (χ0v) is 12.7. The summed E-state index contributed by atoms with van der Waals surface area (Å²) in [7, 11) is 0. The third-order valence-electron chi connectivity index (χ3n) is 2.93. The zero-order valence-electron chi connectivity index (χ0n) is 12.7. The average molecular weight is 328 g/mol. The minimum Gasteiger partial charge on any atom is -0.482 e. The first kappa shape index (κ1) is 17.0. The van der Waals surface area contributed by atoms with Gasteiger partial charge in [0.1, 0.15) is 18.2 Å². The van der Waals surface area contributed by atoms with Crippen molar-refractivity contribution in [3.63, 3.8) is 0 Å². The monoisotopic (exact) mass is 328 g/mol. The lowest BCUT2D eigenvalue weighted by Crippen LogP contribution is -2.16. The lowest BCUT2D eigenvalue weighted by Gasteiger charge is -2.05. The van der Waals surface area contributed by atoms with Crippen LogP contribution in [0.2, 0.25) is 0 Å². The minimum atomic E-state index is -1.07. The molecule has 0 aliphatic carbocycles. The minimum absolute atomic E-state index is 0.00199. The van der Waals surface area contributed by atoms with Crippen molar-refractivity contribution in [1.29, 1.82) is 0 Å². The van der Waals surface area contributed by atoms with E-state index >= 15 is 0 Å². The van der Waals surface area contributed by atoms with Crippen LogP contribution in [0.3, 0.4) is 0 Å². The molecule has 0 saturated carbocycles. The Hall–Kier alpha value is -3.35. The largest absolute Gasteiger partial charge is 0.482 e. The van der Waals surface area contributed by atoms with E-state index in [2.05, 4.69) is 4.99 Å². The van der Waals surface area contributed by atoms with Crippen LogP contribution < -0.4 is 10.5 Å². The van der Waals surface area contributed by atoms with E-state index < -0.39 is 18.7 Å². The number of rotatable bonds is 6. The number of hydrogen-bond acceptors (Lipinski definition) is 4. The van der Waals surface area contributed by atoms with Crippen molar-refractivity contribution in [3.8, 4) is 5.75 Å². The normalized spacial score (nSPS) is 10.9. The van der Waals surface area contributed by atoms with Gasteiger partial charge in [-0.25, -0.2) is 9.59 Å². The van der Waals surface area contributed by atoms with Crippen molar-refractivity contribution in [2.45, 2.75) is 6.61 Å². The van der Waals surface area contributed by atoms with Gasteiger partial charge < -0.3 is 20.3 Å². The second kappa shape index (κ2) is 8.33. The number of amides is 1. The Labute approximate surface area is 138 Å². The summed E-state index contributed by atoms with van der Waals surface area (Å²) in [6.45, 7) is -0.326. The van der Waals surface area contributed by atoms with Crippen molar-refractivity contribution in [2.75, 3.05) is 6.61 Å². The fourth-order valence-electron chi connectivity index (χ4n) is 1.78. The van der Waals surface area contributed by atoms with Gasteiger partial charge in [0, 0.05) is 5.56 Å². The molecule has 0 unspecified atom stereocenters. The Morgan fingerprint density at radius 1 is 1.04 bits per heavy atom. The lowest BCUT2D eigenvalue weighted by atomic mass is 10.2. The van der Waals surface area contributed by atoms with E-state index in [0.29, 0.717) is 11.3 Å². The van der Waals surface area contributed by atoms with E-state index in [4.69, 9.17) is 20.3 Å². The summed E-state index contributed by atoms with van der Waals surface area (Å²) in [4.78, 5) is 25.7. The van der Waals surface area contributed by atoms with Gasteiger partial charge in [0.15, 0.2) is 6.61 Å². The maximum absolute atomic E-state index is 11.7. The van der Waals surface area contributed by atoms with Crippen LogP contribution in [0.25, 0.3) is 0 Å². The molecule has 0 atom stereocenters. The molecule has 0 radical (unpaired) electrons. The highest BCUT2D eigenvalue weighted by molar-refractivity contribution is 6.02. The van der Waals surface area contributed by atoms with E-state index in [1.165, 1.54) is 12.1 Å². The number of ether oxygens (including phenoxy) is 2. The number of benzene rings is 2. The Balaban J connectivity index is 1.91. The van der Waals surface area contributed by atoms with Crippen molar-refractivity contribution in [2.24, 2.45) is 10.7 Å². The predicted molar refractivity (Wildman–Crippen MR) is 86.9 cm³/mol. The van der Waals surface area contributed by atoms with Crippen molar-refractivity contribution >= 4 is 17.9 Å². The molecule has 7 nitrogen and oxygen atoms in total. The van der Waals surface area contributed by atoms with E-state index in [9.17, 15) is 9.59 Å². The molecule has 2 aromatic rings. The highest BCUT2D eigenvalue weighted by Crippen LogP contribution is 2.12.